The molecule has 7 heteroatoms. The Kier molecular flexibility index (Phi) is 3.35. The third kappa shape index (κ3) is 2.08. The number of aromatic nitrogens is 4. The SMILES string of the molecule is Cc1cccc(N2CCCn3c2nc2c3c(=O)n(C)c(=O)n2C)c1C. The van der Waals surface area contributed by atoms with E-state index in [2.05, 4.69) is 35.9 Å². The van der Waals surface area contributed by atoms with E-state index < -0.39 is 0 Å². The van der Waals surface area contributed by atoms with Gasteiger partial charge in [0.25, 0.3) is 5.56 Å². The Morgan fingerprint density at radius 3 is 2.56 bits per heavy atom. The molecule has 0 saturated carbocycles. The van der Waals surface area contributed by atoms with Crippen molar-refractivity contribution in [2.45, 2.75) is 26.8 Å². The van der Waals surface area contributed by atoms with E-state index in [1.54, 1.807) is 7.05 Å². The van der Waals surface area contributed by atoms with Gasteiger partial charge in [-0.25, -0.2) is 4.79 Å². The highest BCUT2D eigenvalue weighted by molar-refractivity contribution is 5.77. The summed E-state index contributed by atoms with van der Waals surface area (Å²) < 4.78 is 4.54. The van der Waals surface area contributed by atoms with Gasteiger partial charge in [-0.05, 0) is 37.5 Å². The van der Waals surface area contributed by atoms with Crippen molar-refractivity contribution < 1.29 is 0 Å². The molecule has 1 aliphatic heterocycles. The first-order chi connectivity index (χ1) is 11.9. The van der Waals surface area contributed by atoms with E-state index in [1.807, 2.05) is 10.6 Å². The first-order valence-electron chi connectivity index (χ1n) is 8.42. The van der Waals surface area contributed by atoms with Crippen LogP contribution < -0.4 is 16.1 Å². The molecule has 0 aliphatic carbocycles. The summed E-state index contributed by atoms with van der Waals surface area (Å²) in [5.41, 5.74) is 3.80. The molecule has 1 aliphatic rings. The third-order valence-corrected chi connectivity index (χ3v) is 5.20. The molecule has 0 bridgehead atoms. The van der Waals surface area contributed by atoms with E-state index in [0.29, 0.717) is 11.2 Å². The van der Waals surface area contributed by atoms with Crippen molar-refractivity contribution in [2.75, 3.05) is 11.4 Å². The molecule has 2 aromatic heterocycles. The summed E-state index contributed by atoms with van der Waals surface area (Å²) in [5, 5.41) is 0. The maximum absolute atomic E-state index is 12.7. The van der Waals surface area contributed by atoms with Gasteiger partial charge in [-0.2, -0.15) is 4.98 Å². The number of aryl methyl sites for hydroxylation is 3. The molecule has 1 aromatic carbocycles. The number of benzene rings is 1. The molecule has 25 heavy (non-hydrogen) atoms. The van der Waals surface area contributed by atoms with Crippen LogP contribution in [0.5, 0.6) is 0 Å². The van der Waals surface area contributed by atoms with E-state index in [0.717, 1.165) is 35.7 Å². The van der Waals surface area contributed by atoms with Crippen LogP contribution in [0.4, 0.5) is 11.6 Å². The minimum atomic E-state index is -0.355. The molecule has 0 unspecified atom stereocenters. The van der Waals surface area contributed by atoms with Gasteiger partial charge >= 0.3 is 5.69 Å². The fourth-order valence-electron chi connectivity index (χ4n) is 3.60. The van der Waals surface area contributed by atoms with Crippen LogP contribution in [-0.4, -0.2) is 25.2 Å². The van der Waals surface area contributed by atoms with Crippen molar-refractivity contribution in [2.24, 2.45) is 14.1 Å². The van der Waals surface area contributed by atoms with Crippen molar-refractivity contribution in [1.29, 1.82) is 0 Å². The van der Waals surface area contributed by atoms with Crippen LogP contribution in [0.25, 0.3) is 11.2 Å². The van der Waals surface area contributed by atoms with Gasteiger partial charge in [-0.1, -0.05) is 12.1 Å². The van der Waals surface area contributed by atoms with Gasteiger partial charge < -0.3 is 9.47 Å². The molecule has 130 valence electrons. The van der Waals surface area contributed by atoms with Crippen molar-refractivity contribution in [3.05, 3.63) is 50.2 Å². The zero-order chi connectivity index (χ0) is 17.9. The highest BCUT2D eigenvalue weighted by atomic mass is 16.2. The fourth-order valence-corrected chi connectivity index (χ4v) is 3.60. The predicted octanol–water partition coefficient (Wildman–Crippen LogP) is 1.59. The smallest absolute Gasteiger partial charge is 0.312 e. The van der Waals surface area contributed by atoms with Crippen LogP contribution in [0.3, 0.4) is 0 Å². The topological polar surface area (TPSA) is 65.1 Å². The van der Waals surface area contributed by atoms with Gasteiger partial charge in [-0.15, -0.1) is 0 Å². The van der Waals surface area contributed by atoms with Gasteiger partial charge in [0.2, 0.25) is 5.95 Å². The minimum Gasteiger partial charge on any atom is -0.312 e. The van der Waals surface area contributed by atoms with Crippen molar-refractivity contribution in [3.63, 3.8) is 0 Å². The predicted molar refractivity (Wildman–Crippen MR) is 97.8 cm³/mol. The maximum atomic E-state index is 12.7. The van der Waals surface area contributed by atoms with E-state index in [-0.39, 0.29) is 11.2 Å². The van der Waals surface area contributed by atoms with Crippen LogP contribution in [0.2, 0.25) is 0 Å². The summed E-state index contributed by atoms with van der Waals surface area (Å²) >= 11 is 0. The number of rotatable bonds is 1. The van der Waals surface area contributed by atoms with Crippen LogP contribution in [0.15, 0.2) is 27.8 Å². The lowest BCUT2D eigenvalue weighted by atomic mass is 10.1. The van der Waals surface area contributed by atoms with Crippen molar-refractivity contribution in [3.8, 4) is 0 Å². The minimum absolute atomic E-state index is 0.292. The van der Waals surface area contributed by atoms with Gasteiger partial charge in [-0.3, -0.25) is 13.9 Å². The zero-order valence-electron chi connectivity index (χ0n) is 14.9. The number of nitrogens with zero attached hydrogens (tertiary/aromatic N) is 5. The Morgan fingerprint density at radius 1 is 1.04 bits per heavy atom. The second-order valence-corrected chi connectivity index (χ2v) is 6.67. The highest BCUT2D eigenvalue weighted by Crippen LogP contribution is 2.33. The second kappa shape index (κ2) is 5.34. The van der Waals surface area contributed by atoms with Crippen LogP contribution in [0, 0.1) is 13.8 Å². The van der Waals surface area contributed by atoms with Gasteiger partial charge in [0.05, 0.1) is 0 Å². The van der Waals surface area contributed by atoms with Crippen LogP contribution in [-0.2, 0) is 20.6 Å². The first-order valence-corrected chi connectivity index (χ1v) is 8.42. The quantitative estimate of drug-likeness (QED) is 0.675. The average Bonchev–Trinajstić information content (AvgIpc) is 3.00. The molecular weight excluding hydrogens is 318 g/mol. The molecule has 4 rings (SSSR count). The third-order valence-electron chi connectivity index (χ3n) is 5.20. The summed E-state index contributed by atoms with van der Waals surface area (Å²) in [7, 11) is 3.17. The molecule has 7 nitrogen and oxygen atoms in total. The molecule has 3 aromatic rings. The van der Waals surface area contributed by atoms with Crippen LogP contribution in [0.1, 0.15) is 17.5 Å². The van der Waals surface area contributed by atoms with E-state index >= 15 is 0 Å². The summed E-state index contributed by atoms with van der Waals surface area (Å²) in [4.78, 5) is 31.7. The number of anilines is 2. The largest absolute Gasteiger partial charge is 0.332 e. The molecule has 3 heterocycles. The standard InChI is InChI=1S/C18H21N5O2/c1-11-7-5-8-13(12(11)2)22-9-6-10-23-14-15(19-17(22)23)20(3)18(25)21(4)16(14)24/h5,7-8H,6,9-10H2,1-4H3. The number of hydrogen-bond donors (Lipinski definition) is 0. The van der Waals surface area contributed by atoms with E-state index in [4.69, 9.17) is 0 Å². The zero-order valence-corrected chi connectivity index (χ0v) is 14.9. The summed E-state index contributed by atoms with van der Waals surface area (Å²) in [6, 6.07) is 6.20. The number of imidazole rings is 1. The number of fused-ring (bicyclic) bond motifs is 3. The lowest BCUT2D eigenvalue weighted by Crippen LogP contribution is -2.38. The Bertz CT molecular complexity index is 1120. The molecule has 0 spiro atoms. The lowest BCUT2D eigenvalue weighted by Gasteiger charge is -2.30. The number of hydrogen-bond acceptors (Lipinski definition) is 4. The molecule has 0 atom stereocenters. The molecule has 0 amide bonds. The molecular formula is C18H21N5O2. The monoisotopic (exact) mass is 339 g/mol. The van der Waals surface area contributed by atoms with E-state index in [1.165, 1.54) is 22.7 Å². The highest BCUT2D eigenvalue weighted by Gasteiger charge is 2.27. The normalized spacial score (nSPS) is 14.2. The van der Waals surface area contributed by atoms with Gasteiger partial charge in [0.1, 0.15) is 0 Å². The lowest BCUT2D eigenvalue weighted by molar-refractivity contribution is 0.599. The fraction of sp³-hybridized carbons (Fsp3) is 0.389. The molecule has 0 N–H and O–H groups in total. The summed E-state index contributed by atoms with van der Waals surface area (Å²) in [5.74, 6) is 0.730. The Hall–Kier alpha value is -2.83. The Balaban J connectivity index is 2.05. The summed E-state index contributed by atoms with van der Waals surface area (Å²) in [6.07, 6.45) is 0.915. The average molecular weight is 339 g/mol. The van der Waals surface area contributed by atoms with Crippen molar-refractivity contribution in [1.82, 2.24) is 18.7 Å². The van der Waals surface area contributed by atoms with Gasteiger partial charge in [0.15, 0.2) is 11.2 Å². The molecule has 0 saturated heterocycles. The van der Waals surface area contributed by atoms with E-state index in [9.17, 15) is 9.59 Å². The van der Waals surface area contributed by atoms with Crippen molar-refractivity contribution >= 4 is 22.8 Å². The molecule has 0 fully saturated rings. The maximum Gasteiger partial charge on any atom is 0.332 e. The van der Waals surface area contributed by atoms with Crippen LogP contribution >= 0.6 is 0 Å². The second-order valence-electron chi connectivity index (χ2n) is 6.67. The Labute approximate surface area is 144 Å². The van der Waals surface area contributed by atoms with Gasteiger partial charge in [0, 0.05) is 32.9 Å². The Morgan fingerprint density at radius 2 is 1.80 bits per heavy atom. The first kappa shape index (κ1) is 15.7. The molecule has 0 radical (unpaired) electrons. The summed E-state index contributed by atoms with van der Waals surface area (Å²) in [6.45, 7) is 5.74.